The van der Waals surface area contributed by atoms with E-state index in [2.05, 4.69) is 14.9 Å². The summed E-state index contributed by atoms with van der Waals surface area (Å²) in [5.74, 6) is 0.219. The zero-order valence-corrected chi connectivity index (χ0v) is 16.1. The molecule has 3 rings (SSSR count). The van der Waals surface area contributed by atoms with Gasteiger partial charge in [-0.1, -0.05) is 12.8 Å². The molecule has 0 unspecified atom stereocenters. The number of nitrogens with zero attached hydrogens (tertiary/aromatic N) is 4. The van der Waals surface area contributed by atoms with Crippen molar-refractivity contribution in [1.29, 1.82) is 0 Å². The second-order valence-electron chi connectivity index (χ2n) is 7.83. The van der Waals surface area contributed by atoms with Gasteiger partial charge in [0.2, 0.25) is 5.91 Å². The molecule has 0 spiro atoms. The second-order valence-corrected chi connectivity index (χ2v) is 7.83. The molecule has 148 valence electrons. The molecule has 1 atom stereocenters. The number of carbonyl (C=O) groups is 2. The van der Waals surface area contributed by atoms with Gasteiger partial charge in [-0.15, -0.1) is 0 Å². The molecule has 0 radical (unpaired) electrons. The predicted octanol–water partition coefficient (Wildman–Crippen LogP) is 1.62. The molecule has 2 amide bonds. The highest BCUT2D eigenvalue weighted by molar-refractivity contribution is 5.90. The third-order valence-electron chi connectivity index (χ3n) is 5.73. The quantitative estimate of drug-likeness (QED) is 0.847. The summed E-state index contributed by atoms with van der Waals surface area (Å²) in [6.45, 7) is 4.33. The zero-order valence-electron chi connectivity index (χ0n) is 16.1. The first kappa shape index (κ1) is 19.7. The van der Waals surface area contributed by atoms with Crippen LogP contribution >= 0.6 is 0 Å². The summed E-state index contributed by atoms with van der Waals surface area (Å²) in [5, 5.41) is 0. The number of rotatable bonds is 5. The van der Waals surface area contributed by atoms with Crippen molar-refractivity contribution in [3.63, 3.8) is 0 Å². The Morgan fingerprint density at radius 2 is 1.78 bits per heavy atom. The largest absolute Gasteiger partial charge is 0.364 e. The van der Waals surface area contributed by atoms with Crippen LogP contribution < -0.4 is 5.73 Å². The van der Waals surface area contributed by atoms with Crippen LogP contribution in [0.2, 0.25) is 0 Å². The maximum absolute atomic E-state index is 12.7. The molecular formula is C20H31N5O2. The smallest absolute Gasteiger partial charge is 0.267 e. The summed E-state index contributed by atoms with van der Waals surface area (Å²) < 4.78 is 0. The van der Waals surface area contributed by atoms with Gasteiger partial charge < -0.3 is 10.6 Å². The Bertz CT molecular complexity index is 643. The Hall–Kier alpha value is -2.02. The van der Waals surface area contributed by atoms with Crippen molar-refractivity contribution in [3.8, 4) is 0 Å². The van der Waals surface area contributed by atoms with Crippen LogP contribution in [0.1, 0.15) is 61.1 Å². The molecule has 2 N–H and O–H groups in total. The van der Waals surface area contributed by atoms with E-state index in [-0.39, 0.29) is 11.6 Å². The summed E-state index contributed by atoms with van der Waals surface area (Å²) >= 11 is 0. The van der Waals surface area contributed by atoms with E-state index in [0.29, 0.717) is 12.5 Å². The highest BCUT2D eigenvalue weighted by Gasteiger charge is 2.23. The molecule has 1 aromatic rings. The van der Waals surface area contributed by atoms with Gasteiger partial charge in [0.25, 0.3) is 5.91 Å². The topological polar surface area (TPSA) is 92.4 Å². The Kier molecular flexibility index (Phi) is 7.15. The number of likely N-dealkylation sites (tertiary alicyclic amines) is 2. The number of aromatic nitrogens is 2. The number of carbonyl (C=O) groups excluding carboxylic acids is 2. The molecule has 0 bridgehead atoms. The lowest BCUT2D eigenvalue weighted by Gasteiger charge is -2.25. The van der Waals surface area contributed by atoms with Crippen LogP contribution in [0.3, 0.4) is 0 Å². The first-order chi connectivity index (χ1) is 13.1. The number of primary amides is 1. The third kappa shape index (κ3) is 5.99. The molecule has 0 aromatic carbocycles. The molecule has 2 aliphatic rings. The van der Waals surface area contributed by atoms with Crippen LogP contribution in [0.4, 0.5) is 0 Å². The van der Waals surface area contributed by atoms with Crippen LogP contribution in [0.25, 0.3) is 0 Å². The van der Waals surface area contributed by atoms with E-state index < -0.39 is 5.91 Å². The minimum atomic E-state index is -0.523. The summed E-state index contributed by atoms with van der Waals surface area (Å²) in [6.07, 6.45) is 10.3. The standard InChI is InChI=1S/C20H31N5O2/c21-20(27)18-13-17(22-15-23-18)12-16-6-5-10-25(11-7-16)19(26)14-24-8-3-1-2-4-9-24/h13,15-16H,1-12,14H2,(H2,21,27)/t16-/m1/s1. The molecule has 2 aliphatic heterocycles. The Labute approximate surface area is 161 Å². The highest BCUT2D eigenvalue weighted by atomic mass is 16.2. The van der Waals surface area contributed by atoms with Crippen molar-refractivity contribution < 1.29 is 9.59 Å². The van der Waals surface area contributed by atoms with Gasteiger partial charge in [0.1, 0.15) is 12.0 Å². The van der Waals surface area contributed by atoms with Crippen LogP contribution in [-0.4, -0.2) is 64.3 Å². The fourth-order valence-corrected chi connectivity index (χ4v) is 4.14. The summed E-state index contributed by atoms with van der Waals surface area (Å²) in [6, 6.07) is 1.69. The van der Waals surface area contributed by atoms with E-state index in [1.165, 1.54) is 32.0 Å². The Morgan fingerprint density at radius 1 is 1.00 bits per heavy atom. The van der Waals surface area contributed by atoms with Gasteiger partial charge in [-0.25, -0.2) is 9.97 Å². The third-order valence-corrected chi connectivity index (χ3v) is 5.73. The fourth-order valence-electron chi connectivity index (χ4n) is 4.14. The number of hydrogen-bond donors (Lipinski definition) is 1. The maximum Gasteiger partial charge on any atom is 0.267 e. The van der Waals surface area contributed by atoms with E-state index in [1.807, 2.05) is 4.90 Å². The normalized spacial score (nSPS) is 22.1. The van der Waals surface area contributed by atoms with E-state index >= 15 is 0 Å². The van der Waals surface area contributed by atoms with Crippen molar-refractivity contribution in [3.05, 3.63) is 23.8 Å². The molecule has 0 saturated carbocycles. The van der Waals surface area contributed by atoms with Crippen LogP contribution in [0, 0.1) is 5.92 Å². The van der Waals surface area contributed by atoms with E-state index in [0.717, 1.165) is 57.6 Å². The molecule has 27 heavy (non-hydrogen) atoms. The van der Waals surface area contributed by atoms with Gasteiger partial charge in [0.15, 0.2) is 0 Å². The molecule has 1 aromatic heterocycles. The summed E-state index contributed by atoms with van der Waals surface area (Å²) in [5.41, 5.74) is 6.42. The molecule has 0 aliphatic carbocycles. The number of amides is 2. The predicted molar refractivity (Wildman–Crippen MR) is 103 cm³/mol. The van der Waals surface area contributed by atoms with E-state index in [9.17, 15) is 9.59 Å². The molecule has 7 nitrogen and oxygen atoms in total. The van der Waals surface area contributed by atoms with E-state index in [4.69, 9.17) is 5.73 Å². The number of hydrogen-bond acceptors (Lipinski definition) is 5. The van der Waals surface area contributed by atoms with Gasteiger partial charge in [-0.3, -0.25) is 14.5 Å². The Morgan fingerprint density at radius 3 is 2.52 bits per heavy atom. The lowest BCUT2D eigenvalue weighted by molar-refractivity contribution is -0.132. The Balaban J connectivity index is 1.50. The molecule has 7 heteroatoms. The van der Waals surface area contributed by atoms with Crippen molar-refractivity contribution in [2.24, 2.45) is 11.7 Å². The van der Waals surface area contributed by atoms with Crippen LogP contribution in [0.5, 0.6) is 0 Å². The monoisotopic (exact) mass is 373 g/mol. The molecular weight excluding hydrogens is 342 g/mol. The minimum absolute atomic E-state index is 0.267. The second kappa shape index (κ2) is 9.78. The highest BCUT2D eigenvalue weighted by Crippen LogP contribution is 2.22. The summed E-state index contributed by atoms with van der Waals surface area (Å²) in [4.78, 5) is 36.6. The van der Waals surface area contributed by atoms with Gasteiger partial charge in [-0.2, -0.15) is 0 Å². The first-order valence-electron chi connectivity index (χ1n) is 10.2. The van der Waals surface area contributed by atoms with Crippen LogP contribution in [-0.2, 0) is 11.2 Å². The lowest BCUT2D eigenvalue weighted by Crippen LogP contribution is -2.41. The minimum Gasteiger partial charge on any atom is -0.364 e. The van der Waals surface area contributed by atoms with E-state index in [1.54, 1.807) is 6.07 Å². The zero-order chi connectivity index (χ0) is 19.1. The van der Waals surface area contributed by atoms with Gasteiger partial charge in [0.05, 0.1) is 6.54 Å². The lowest BCUT2D eigenvalue weighted by atomic mass is 9.95. The summed E-state index contributed by atoms with van der Waals surface area (Å²) in [7, 11) is 0. The van der Waals surface area contributed by atoms with Gasteiger partial charge in [0, 0.05) is 18.8 Å². The van der Waals surface area contributed by atoms with Crippen molar-refractivity contribution in [2.45, 2.75) is 51.4 Å². The average molecular weight is 374 g/mol. The van der Waals surface area contributed by atoms with Crippen LogP contribution in [0.15, 0.2) is 12.4 Å². The van der Waals surface area contributed by atoms with Gasteiger partial charge in [-0.05, 0) is 63.6 Å². The van der Waals surface area contributed by atoms with Gasteiger partial charge >= 0.3 is 0 Å². The molecule has 3 heterocycles. The van der Waals surface area contributed by atoms with Crippen molar-refractivity contribution >= 4 is 11.8 Å². The first-order valence-corrected chi connectivity index (χ1v) is 10.2. The molecule has 2 saturated heterocycles. The van der Waals surface area contributed by atoms with Crippen molar-refractivity contribution in [2.75, 3.05) is 32.7 Å². The number of nitrogens with two attached hydrogens (primary N) is 1. The molecule has 2 fully saturated rings. The van der Waals surface area contributed by atoms with Crippen molar-refractivity contribution in [1.82, 2.24) is 19.8 Å². The average Bonchev–Trinajstić information content (AvgIpc) is 3.05. The maximum atomic E-state index is 12.7. The fraction of sp³-hybridized carbons (Fsp3) is 0.700. The SMILES string of the molecule is NC(=O)c1cc(C[C@@H]2CCCN(C(=O)CN3CCCCCC3)CC2)ncn1.